The Labute approximate surface area is 154 Å². The van der Waals surface area contributed by atoms with Crippen LogP contribution in [0.1, 0.15) is 13.8 Å². The molecule has 0 amide bonds. The number of azo groups is 1. The number of halogens is 1. The van der Waals surface area contributed by atoms with Crippen LogP contribution in [-0.4, -0.2) is 22.9 Å². The van der Waals surface area contributed by atoms with Crippen LogP contribution in [0.15, 0.2) is 46.6 Å². The topological polar surface area (TPSA) is 114 Å². The van der Waals surface area contributed by atoms with Crippen LogP contribution < -0.4 is 4.90 Å². The minimum absolute atomic E-state index is 0.154. The molecule has 10 heteroatoms. The van der Waals surface area contributed by atoms with Crippen LogP contribution in [0.2, 0.25) is 5.02 Å². The Morgan fingerprint density at radius 1 is 0.962 bits per heavy atom. The minimum atomic E-state index is -0.789. The summed E-state index contributed by atoms with van der Waals surface area (Å²) >= 11 is 5.80. The second-order valence-corrected chi connectivity index (χ2v) is 5.60. The summed E-state index contributed by atoms with van der Waals surface area (Å²) in [5.74, 6) is 0. The van der Waals surface area contributed by atoms with E-state index >= 15 is 0 Å². The Morgan fingerprint density at radius 3 is 2.04 bits per heavy atom. The van der Waals surface area contributed by atoms with Gasteiger partial charge in [-0.05, 0) is 44.2 Å². The summed E-state index contributed by atoms with van der Waals surface area (Å²) in [7, 11) is 0. The third kappa shape index (κ3) is 4.31. The van der Waals surface area contributed by atoms with E-state index in [1.165, 1.54) is 0 Å². The quantitative estimate of drug-likeness (QED) is 0.363. The summed E-state index contributed by atoms with van der Waals surface area (Å²) in [6.07, 6.45) is 0. The number of anilines is 1. The van der Waals surface area contributed by atoms with Crippen molar-refractivity contribution in [2.75, 3.05) is 18.0 Å². The minimum Gasteiger partial charge on any atom is -0.372 e. The summed E-state index contributed by atoms with van der Waals surface area (Å²) in [5, 5.41) is 29.6. The summed E-state index contributed by atoms with van der Waals surface area (Å²) in [6.45, 7) is 5.83. The number of nitrogens with zero attached hydrogens (tertiary/aromatic N) is 5. The fourth-order valence-corrected chi connectivity index (χ4v) is 2.56. The van der Waals surface area contributed by atoms with Crippen molar-refractivity contribution in [2.24, 2.45) is 10.2 Å². The van der Waals surface area contributed by atoms with Crippen molar-refractivity contribution >= 4 is 40.0 Å². The first-order valence-corrected chi connectivity index (χ1v) is 8.14. The van der Waals surface area contributed by atoms with E-state index in [0.29, 0.717) is 5.69 Å². The smallest absolute Gasteiger partial charge is 0.303 e. The third-order valence-corrected chi connectivity index (χ3v) is 3.99. The predicted molar refractivity (Wildman–Crippen MR) is 98.9 cm³/mol. The molecule has 0 aliphatic rings. The Kier molecular flexibility index (Phi) is 6.18. The summed E-state index contributed by atoms with van der Waals surface area (Å²) in [5.41, 5.74) is 0.270. The largest absolute Gasteiger partial charge is 0.372 e. The number of nitro groups is 2. The van der Waals surface area contributed by atoms with Crippen LogP contribution in [0.4, 0.5) is 28.4 Å². The molecule has 0 aromatic heterocycles. The van der Waals surface area contributed by atoms with Crippen LogP contribution in [0.25, 0.3) is 0 Å². The molecule has 0 saturated heterocycles. The van der Waals surface area contributed by atoms with Crippen molar-refractivity contribution in [2.45, 2.75) is 13.8 Å². The van der Waals surface area contributed by atoms with Gasteiger partial charge >= 0.3 is 5.69 Å². The summed E-state index contributed by atoms with van der Waals surface area (Å²) < 4.78 is 0. The molecule has 136 valence electrons. The van der Waals surface area contributed by atoms with E-state index in [1.807, 2.05) is 12.1 Å². The fraction of sp³-hybridized carbons (Fsp3) is 0.250. The first-order chi connectivity index (χ1) is 12.4. The van der Waals surface area contributed by atoms with Gasteiger partial charge in [0.2, 0.25) is 0 Å². The van der Waals surface area contributed by atoms with Gasteiger partial charge in [-0.25, -0.2) is 0 Å². The van der Waals surface area contributed by atoms with Gasteiger partial charge in [-0.2, -0.15) is 5.11 Å². The molecule has 0 radical (unpaired) electrons. The summed E-state index contributed by atoms with van der Waals surface area (Å²) in [4.78, 5) is 22.6. The molecule has 0 aliphatic heterocycles. The Bertz CT molecular complexity index is 850. The van der Waals surface area contributed by atoms with Crippen molar-refractivity contribution in [3.63, 3.8) is 0 Å². The monoisotopic (exact) mass is 377 g/mol. The maximum absolute atomic E-state index is 11.1. The lowest BCUT2D eigenvalue weighted by molar-refractivity contribution is -0.393. The first-order valence-electron chi connectivity index (χ1n) is 7.76. The lowest BCUT2D eigenvalue weighted by Gasteiger charge is -2.20. The van der Waals surface area contributed by atoms with E-state index in [1.54, 1.807) is 12.1 Å². The molecule has 26 heavy (non-hydrogen) atoms. The zero-order valence-electron chi connectivity index (χ0n) is 14.1. The average molecular weight is 378 g/mol. The van der Waals surface area contributed by atoms with Gasteiger partial charge < -0.3 is 4.90 Å². The van der Waals surface area contributed by atoms with Crippen molar-refractivity contribution in [1.82, 2.24) is 0 Å². The summed E-state index contributed by atoms with van der Waals surface area (Å²) in [6, 6.07) is 9.05. The highest BCUT2D eigenvalue weighted by Crippen LogP contribution is 2.38. The van der Waals surface area contributed by atoms with Crippen molar-refractivity contribution in [1.29, 1.82) is 0 Å². The van der Waals surface area contributed by atoms with Crippen molar-refractivity contribution < 1.29 is 9.85 Å². The second kappa shape index (κ2) is 8.34. The van der Waals surface area contributed by atoms with E-state index in [4.69, 9.17) is 11.6 Å². The van der Waals surface area contributed by atoms with E-state index in [2.05, 4.69) is 29.0 Å². The molecule has 9 nitrogen and oxygen atoms in total. The maximum Gasteiger partial charge on any atom is 0.303 e. The molecule has 0 N–H and O–H groups in total. The Morgan fingerprint density at radius 2 is 1.54 bits per heavy atom. The van der Waals surface area contributed by atoms with Gasteiger partial charge in [-0.3, -0.25) is 20.2 Å². The normalized spacial score (nSPS) is 10.9. The molecule has 0 unspecified atom stereocenters. The van der Waals surface area contributed by atoms with Crippen LogP contribution >= 0.6 is 11.6 Å². The van der Waals surface area contributed by atoms with Gasteiger partial charge in [-0.15, -0.1) is 5.11 Å². The van der Waals surface area contributed by atoms with Crippen LogP contribution in [-0.2, 0) is 0 Å². The molecular formula is C16H16ClN5O4. The van der Waals surface area contributed by atoms with Gasteiger partial charge in [0, 0.05) is 18.8 Å². The number of hydrogen-bond acceptors (Lipinski definition) is 7. The SMILES string of the molecule is CCN(CC)c1ccc(N=Nc2cc(Cl)c([N+](=O)[O-])cc2[N+](=O)[O-])cc1. The first kappa shape index (κ1) is 19.3. The number of nitro benzene ring substituents is 2. The average Bonchev–Trinajstić information content (AvgIpc) is 2.61. The fourth-order valence-electron chi connectivity index (χ4n) is 2.34. The predicted octanol–water partition coefficient (Wildman–Crippen LogP) is 5.42. The standard InChI is InChI=1S/C16H16ClN5O4/c1-3-20(4-2)12-7-5-11(6-8-12)18-19-14-9-13(17)15(21(23)24)10-16(14)22(25)26/h5-10H,3-4H2,1-2H3. The molecule has 2 aromatic rings. The van der Waals surface area contributed by atoms with E-state index in [9.17, 15) is 20.2 Å². The zero-order valence-corrected chi connectivity index (χ0v) is 14.9. The van der Waals surface area contributed by atoms with E-state index < -0.39 is 21.2 Å². The molecule has 2 aromatic carbocycles. The molecule has 0 fully saturated rings. The van der Waals surface area contributed by atoms with Gasteiger partial charge in [0.15, 0.2) is 5.69 Å². The highest BCUT2D eigenvalue weighted by molar-refractivity contribution is 6.33. The maximum atomic E-state index is 11.1. The number of hydrogen-bond donors (Lipinski definition) is 0. The number of benzene rings is 2. The highest BCUT2D eigenvalue weighted by atomic mass is 35.5. The van der Waals surface area contributed by atoms with Crippen molar-refractivity contribution in [3.8, 4) is 0 Å². The van der Waals surface area contributed by atoms with Gasteiger partial charge in [0.1, 0.15) is 5.02 Å². The lowest BCUT2D eigenvalue weighted by atomic mass is 10.2. The van der Waals surface area contributed by atoms with Crippen molar-refractivity contribution in [3.05, 3.63) is 61.6 Å². The van der Waals surface area contributed by atoms with Gasteiger partial charge in [-0.1, -0.05) is 11.6 Å². The van der Waals surface area contributed by atoms with E-state index in [-0.39, 0.29) is 10.7 Å². The molecular weight excluding hydrogens is 362 g/mol. The Balaban J connectivity index is 2.34. The number of rotatable bonds is 7. The highest BCUT2D eigenvalue weighted by Gasteiger charge is 2.23. The lowest BCUT2D eigenvalue weighted by Crippen LogP contribution is -2.21. The molecule has 0 spiro atoms. The zero-order chi connectivity index (χ0) is 19.3. The molecule has 2 rings (SSSR count). The molecule has 0 heterocycles. The third-order valence-electron chi connectivity index (χ3n) is 3.69. The molecule has 0 aliphatic carbocycles. The molecule has 0 bridgehead atoms. The van der Waals surface area contributed by atoms with Gasteiger partial charge in [0.05, 0.1) is 21.6 Å². The van der Waals surface area contributed by atoms with Gasteiger partial charge in [0.25, 0.3) is 5.69 Å². The molecule has 0 saturated carbocycles. The second-order valence-electron chi connectivity index (χ2n) is 5.20. The van der Waals surface area contributed by atoms with Crippen LogP contribution in [0, 0.1) is 20.2 Å². The Hall–Kier alpha value is -3.07. The molecule has 0 atom stereocenters. The van der Waals surface area contributed by atoms with E-state index in [0.717, 1.165) is 30.9 Å². The van der Waals surface area contributed by atoms with Crippen LogP contribution in [0.3, 0.4) is 0 Å². The van der Waals surface area contributed by atoms with Crippen LogP contribution in [0.5, 0.6) is 0 Å².